The molecule has 6 heteroatoms. The van der Waals surface area contributed by atoms with Crippen molar-refractivity contribution in [2.24, 2.45) is 0 Å². The van der Waals surface area contributed by atoms with E-state index in [1.165, 1.54) is 4.68 Å². The van der Waals surface area contributed by atoms with E-state index in [4.69, 9.17) is 16.3 Å². The van der Waals surface area contributed by atoms with Gasteiger partial charge in [-0.3, -0.25) is 0 Å². The summed E-state index contributed by atoms with van der Waals surface area (Å²) >= 11 is 9.40. The molecule has 2 aromatic rings. The molecule has 0 fully saturated rings. The van der Waals surface area contributed by atoms with Gasteiger partial charge in [0.15, 0.2) is 0 Å². The van der Waals surface area contributed by atoms with Crippen molar-refractivity contribution in [3.8, 4) is 0 Å². The lowest BCUT2D eigenvalue weighted by molar-refractivity contribution is 0.0522. The number of aromatic nitrogens is 2. The minimum atomic E-state index is -0.563. The van der Waals surface area contributed by atoms with Crippen molar-refractivity contribution >= 4 is 44.5 Å². The van der Waals surface area contributed by atoms with E-state index in [2.05, 4.69) is 21.0 Å². The van der Waals surface area contributed by atoms with Crippen molar-refractivity contribution in [3.63, 3.8) is 0 Å². The molecule has 0 atom stereocenters. The molecule has 0 aliphatic rings. The second-order valence-corrected chi connectivity index (χ2v) is 6.52. The van der Waals surface area contributed by atoms with Gasteiger partial charge in [0.1, 0.15) is 5.60 Å². The number of aryl methyl sites for hydroxylation is 1. The van der Waals surface area contributed by atoms with Crippen molar-refractivity contribution < 1.29 is 9.53 Å². The molecule has 4 nitrogen and oxygen atoms in total. The molecule has 0 unspecified atom stereocenters. The van der Waals surface area contributed by atoms with Crippen molar-refractivity contribution in [3.05, 3.63) is 27.3 Å². The van der Waals surface area contributed by atoms with Gasteiger partial charge in [-0.05, 0) is 55.8 Å². The number of halogens is 2. The molecule has 0 bridgehead atoms. The van der Waals surface area contributed by atoms with Gasteiger partial charge in [-0.1, -0.05) is 25.4 Å². The number of nitrogens with zero attached hydrogens (tertiary/aromatic N) is 2. The fourth-order valence-corrected chi connectivity index (χ4v) is 2.20. The topological polar surface area (TPSA) is 44.1 Å². The van der Waals surface area contributed by atoms with Gasteiger partial charge in [0.05, 0.1) is 16.2 Å². The summed E-state index contributed by atoms with van der Waals surface area (Å²) in [6.45, 7) is 11.3. The standard InChI is InChI=1S/C13H14BrClN2O2.C2H6/c1-7-8-5-10(15)9(14)6-11(8)17(16-7)12(18)19-13(2,3)4;1-2/h5-6H,1-4H3;1-2H3. The highest BCUT2D eigenvalue weighted by atomic mass is 79.9. The molecular weight excluding hydrogens is 356 g/mol. The van der Waals surface area contributed by atoms with Crippen LogP contribution in [0.3, 0.4) is 0 Å². The first-order valence-electron chi connectivity index (χ1n) is 6.77. The molecule has 0 aliphatic heterocycles. The van der Waals surface area contributed by atoms with Crippen LogP contribution in [0.1, 0.15) is 40.3 Å². The summed E-state index contributed by atoms with van der Waals surface area (Å²) in [4.78, 5) is 12.1. The normalized spacial score (nSPS) is 11.0. The van der Waals surface area contributed by atoms with Crippen LogP contribution in [-0.4, -0.2) is 21.5 Å². The fraction of sp³-hybridized carbons (Fsp3) is 0.467. The average Bonchev–Trinajstić information content (AvgIpc) is 2.68. The summed E-state index contributed by atoms with van der Waals surface area (Å²) in [5, 5.41) is 5.63. The van der Waals surface area contributed by atoms with Crippen LogP contribution in [0.5, 0.6) is 0 Å². The van der Waals surface area contributed by atoms with Crippen molar-refractivity contribution in [1.29, 1.82) is 0 Å². The molecule has 0 radical (unpaired) electrons. The molecule has 1 aromatic heterocycles. The Bertz CT molecular complexity index is 660. The van der Waals surface area contributed by atoms with E-state index in [0.29, 0.717) is 15.0 Å². The number of carbonyl (C=O) groups excluding carboxylic acids is 1. The molecule has 0 spiro atoms. The van der Waals surface area contributed by atoms with E-state index in [1.807, 2.05) is 41.5 Å². The van der Waals surface area contributed by atoms with Crippen LogP contribution in [0.15, 0.2) is 16.6 Å². The number of ether oxygens (including phenoxy) is 1. The molecular formula is C15H20BrClN2O2. The Balaban J connectivity index is 0.00000106. The summed E-state index contributed by atoms with van der Waals surface area (Å²) in [5.74, 6) is 0. The largest absolute Gasteiger partial charge is 0.442 e. The number of hydrogen-bond acceptors (Lipinski definition) is 3. The number of rotatable bonds is 0. The highest BCUT2D eigenvalue weighted by Gasteiger charge is 2.21. The van der Waals surface area contributed by atoms with Gasteiger partial charge in [-0.2, -0.15) is 9.78 Å². The monoisotopic (exact) mass is 374 g/mol. The van der Waals surface area contributed by atoms with Crippen LogP contribution < -0.4 is 0 Å². The minimum Gasteiger partial charge on any atom is -0.442 e. The third-order valence-electron chi connectivity index (χ3n) is 2.47. The van der Waals surface area contributed by atoms with Gasteiger partial charge in [-0.15, -0.1) is 0 Å². The first-order valence-corrected chi connectivity index (χ1v) is 7.94. The van der Waals surface area contributed by atoms with Crippen LogP contribution in [0.2, 0.25) is 5.02 Å². The number of hydrogen-bond donors (Lipinski definition) is 0. The van der Waals surface area contributed by atoms with Crippen LogP contribution in [0.4, 0.5) is 4.79 Å². The summed E-state index contributed by atoms with van der Waals surface area (Å²) in [6.07, 6.45) is -0.500. The maximum absolute atomic E-state index is 12.1. The van der Waals surface area contributed by atoms with Gasteiger partial charge < -0.3 is 4.74 Å². The quantitative estimate of drug-likeness (QED) is 0.604. The second kappa shape index (κ2) is 6.79. The predicted octanol–water partition coefficient (Wildman–Crippen LogP) is 5.57. The lowest BCUT2D eigenvalue weighted by Gasteiger charge is -2.19. The summed E-state index contributed by atoms with van der Waals surface area (Å²) in [6, 6.07) is 3.55. The van der Waals surface area contributed by atoms with Crippen LogP contribution in [0.25, 0.3) is 10.9 Å². The van der Waals surface area contributed by atoms with Crippen molar-refractivity contribution in [2.75, 3.05) is 0 Å². The molecule has 0 aliphatic carbocycles. The number of fused-ring (bicyclic) bond motifs is 1. The van der Waals surface area contributed by atoms with Gasteiger partial charge in [0.2, 0.25) is 0 Å². The first-order chi connectivity index (χ1) is 9.69. The van der Waals surface area contributed by atoms with Gasteiger partial charge in [0, 0.05) is 9.86 Å². The Labute approximate surface area is 138 Å². The molecule has 1 heterocycles. The van der Waals surface area contributed by atoms with E-state index in [1.54, 1.807) is 12.1 Å². The zero-order valence-electron chi connectivity index (χ0n) is 13.1. The highest BCUT2D eigenvalue weighted by Crippen LogP contribution is 2.30. The highest BCUT2D eigenvalue weighted by molar-refractivity contribution is 9.10. The summed E-state index contributed by atoms with van der Waals surface area (Å²) in [5.41, 5.74) is 0.839. The smallest absolute Gasteiger partial charge is 0.435 e. The van der Waals surface area contributed by atoms with Gasteiger partial charge in [-0.25, -0.2) is 4.79 Å². The van der Waals surface area contributed by atoms with E-state index in [9.17, 15) is 4.79 Å². The fourth-order valence-electron chi connectivity index (χ4n) is 1.70. The SMILES string of the molecule is CC.Cc1nn(C(=O)OC(C)(C)C)c2cc(Br)c(Cl)cc12. The minimum absolute atomic E-state index is 0.500. The first kappa shape index (κ1) is 18.0. The summed E-state index contributed by atoms with van der Waals surface area (Å²) in [7, 11) is 0. The number of carbonyl (C=O) groups is 1. The zero-order chi connectivity index (χ0) is 16.4. The van der Waals surface area contributed by atoms with Crippen LogP contribution in [-0.2, 0) is 4.74 Å². The van der Waals surface area contributed by atoms with Crippen molar-refractivity contribution in [2.45, 2.75) is 47.1 Å². The molecule has 0 saturated carbocycles. The van der Waals surface area contributed by atoms with Gasteiger partial charge >= 0.3 is 6.09 Å². The molecule has 0 N–H and O–H groups in total. The molecule has 1 aromatic carbocycles. The third-order valence-corrected chi connectivity index (χ3v) is 3.67. The Morgan fingerprint density at radius 1 is 1.33 bits per heavy atom. The van der Waals surface area contributed by atoms with Crippen molar-refractivity contribution in [1.82, 2.24) is 9.78 Å². The average molecular weight is 376 g/mol. The molecule has 21 heavy (non-hydrogen) atoms. The Hall–Kier alpha value is -1.07. The second-order valence-electron chi connectivity index (χ2n) is 5.26. The van der Waals surface area contributed by atoms with E-state index in [-0.39, 0.29) is 0 Å². The Morgan fingerprint density at radius 2 is 1.90 bits per heavy atom. The maximum atomic E-state index is 12.1. The van der Waals surface area contributed by atoms with E-state index < -0.39 is 11.7 Å². The maximum Gasteiger partial charge on any atom is 0.435 e. The Kier molecular flexibility index (Phi) is 5.82. The van der Waals surface area contributed by atoms with E-state index >= 15 is 0 Å². The number of benzene rings is 1. The Morgan fingerprint density at radius 3 is 2.43 bits per heavy atom. The third kappa shape index (κ3) is 4.20. The zero-order valence-corrected chi connectivity index (χ0v) is 15.5. The molecule has 2 rings (SSSR count). The lowest BCUT2D eigenvalue weighted by Crippen LogP contribution is -2.27. The van der Waals surface area contributed by atoms with Crippen LogP contribution >= 0.6 is 27.5 Å². The van der Waals surface area contributed by atoms with E-state index in [0.717, 1.165) is 11.1 Å². The van der Waals surface area contributed by atoms with Gasteiger partial charge in [0.25, 0.3) is 0 Å². The molecule has 0 saturated heterocycles. The summed E-state index contributed by atoms with van der Waals surface area (Å²) < 4.78 is 7.30. The molecule has 116 valence electrons. The predicted molar refractivity (Wildman–Crippen MR) is 90.2 cm³/mol. The molecule has 0 amide bonds. The van der Waals surface area contributed by atoms with Crippen LogP contribution in [0, 0.1) is 6.92 Å². The lowest BCUT2D eigenvalue weighted by atomic mass is 10.2.